The molecule has 120 valence electrons. The SMILES string of the molecule is CC(C)(C)[Si](C)(C)O[C@@H]1CCc2cccnc2[C@@H](N=[N+]=[N-])C1. The highest BCUT2D eigenvalue weighted by atomic mass is 28.4. The number of azide groups is 1. The van der Waals surface area contributed by atoms with Crippen LogP contribution in [-0.4, -0.2) is 19.4 Å². The van der Waals surface area contributed by atoms with Gasteiger partial charge in [-0.15, -0.1) is 0 Å². The standard InChI is InChI=1S/C16H26N4OSi/c1-16(2,3)22(4,5)21-13-9-8-12-7-6-10-18-15(12)14(11-13)19-20-17/h6-7,10,13-14H,8-9,11H2,1-5H3/t13-,14+/m1/s1. The Labute approximate surface area is 133 Å². The third kappa shape index (κ3) is 3.69. The summed E-state index contributed by atoms with van der Waals surface area (Å²) in [5, 5.41) is 4.16. The Hall–Kier alpha value is -1.36. The van der Waals surface area contributed by atoms with Crippen LogP contribution in [-0.2, 0) is 10.8 Å². The van der Waals surface area contributed by atoms with Gasteiger partial charge in [0.05, 0.1) is 11.7 Å². The van der Waals surface area contributed by atoms with Crippen molar-refractivity contribution in [3.8, 4) is 0 Å². The molecule has 0 radical (unpaired) electrons. The van der Waals surface area contributed by atoms with Gasteiger partial charge in [0.2, 0.25) is 0 Å². The van der Waals surface area contributed by atoms with Crippen LogP contribution in [0.4, 0.5) is 0 Å². The molecule has 0 spiro atoms. The third-order valence-electron chi connectivity index (χ3n) is 4.92. The minimum absolute atomic E-state index is 0.130. The van der Waals surface area contributed by atoms with Crippen LogP contribution in [0.5, 0.6) is 0 Å². The van der Waals surface area contributed by atoms with Crippen LogP contribution in [0.15, 0.2) is 23.4 Å². The van der Waals surface area contributed by atoms with E-state index in [0.717, 1.165) is 25.0 Å². The normalized spacial score (nSPS) is 22.4. The van der Waals surface area contributed by atoms with Crippen molar-refractivity contribution in [3.05, 3.63) is 40.0 Å². The van der Waals surface area contributed by atoms with E-state index in [1.54, 1.807) is 6.20 Å². The molecular weight excluding hydrogens is 292 g/mol. The second-order valence-electron chi connectivity index (χ2n) is 7.54. The van der Waals surface area contributed by atoms with Gasteiger partial charge in [-0.1, -0.05) is 32.0 Å². The molecule has 1 aromatic rings. The van der Waals surface area contributed by atoms with E-state index in [0.29, 0.717) is 0 Å². The Morgan fingerprint density at radius 1 is 1.41 bits per heavy atom. The minimum atomic E-state index is -1.83. The fraction of sp³-hybridized carbons (Fsp3) is 0.688. The minimum Gasteiger partial charge on any atom is -0.414 e. The van der Waals surface area contributed by atoms with Crippen LogP contribution in [0.2, 0.25) is 18.1 Å². The number of hydrogen-bond acceptors (Lipinski definition) is 3. The number of fused-ring (bicyclic) bond motifs is 1. The van der Waals surface area contributed by atoms with Crippen molar-refractivity contribution < 1.29 is 4.43 Å². The molecule has 0 bridgehead atoms. The third-order valence-corrected chi connectivity index (χ3v) is 9.46. The summed E-state index contributed by atoms with van der Waals surface area (Å²) in [5.74, 6) is 0. The van der Waals surface area contributed by atoms with Gasteiger partial charge in [0.25, 0.3) is 0 Å². The smallest absolute Gasteiger partial charge is 0.192 e. The van der Waals surface area contributed by atoms with Crippen LogP contribution < -0.4 is 0 Å². The first-order valence-corrected chi connectivity index (χ1v) is 10.8. The van der Waals surface area contributed by atoms with E-state index in [4.69, 9.17) is 9.96 Å². The zero-order valence-electron chi connectivity index (χ0n) is 14.2. The molecule has 1 heterocycles. The first kappa shape index (κ1) is 17.0. The highest BCUT2D eigenvalue weighted by Gasteiger charge is 2.40. The summed E-state index contributed by atoms with van der Waals surface area (Å²) in [7, 11) is -1.83. The van der Waals surface area contributed by atoms with Gasteiger partial charge in [-0.3, -0.25) is 4.98 Å². The van der Waals surface area contributed by atoms with Gasteiger partial charge >= 0.3 is 0 Å². The molecule has 1 aliphatic rings. The maximum absolute atomic E-state index is 8.88. The lowest BCUT2D eigenvalue weighted by atomic mass is 10.1. The molecule has 1 aliphatic carbocycles. The lowest BCUT2D eigenvalue weighted by molar-refractivity contribution is 0.157. The lowest BCUT2D eigenvalue weighted by Gasteiger charge is -2.39. The fourth-order valence-corrected chi connectivity index (χ4v) is 4.02. The van der Waals surface area contributed by atoms with Crippen LogP contribution >= 0.6 is 0 Å². The summed E-state index contributed by atoms with van der Waals surface area (Å²) in [4.78, 5) is 7.47. The second kappa shape index (κ2) is 6.40. The Morgan fingerprint density at radius 3 is 2.77 bits per heavy atom. The predicted octanol–water partition coefficient (Wildman–Crippen LogP) is 5.16. The summed E-state index contributed by atoms with van der Waals surface area (Å²) < 4.78 is 6.56. The highest BCUT2D eigenvalue weighted by Crippen LogP contribution is 2.40. The molecule has 2 rings (SSSR count). The highest BCUT2D eigenvalue weighted by molar-refractivity contribution is 6.74. The Bertz CT molecular complexity index is 576. The maximum Gasteiger partial charge on any atom is 0.192 e. The van der Waals surface area contributed by atoms with Crippen LogP contribution in [0.1, 0.15) is 50.9 Å². The van der Waals surface area contributed by atoms with Gasteiger partial charge < -0.3 is 4.43 Å². The molecule has 2 atom stereocenters. The van der Waals surface area contributed by atoms with Gasteiger partial charge in [0.15, 0.2) is 8.32 Å². The van der Waals surface area contributed by atoms with Crippen molar-refractivity contribution in [2.24, 2.45) is 5.11 Å². The molecule has 0 aliphatic heterocycles. The zero-order valence-corrected chi connectivity index (χ0v) is 15.2. The zero-order chi connectivity index (χ0) is 16.4. The molecule has 22 heavy (non-hydrogen) atoms. The molecule has 0 saturated carbocycles. The van der Waals surface area contributed by atoms with E-state index in [2.05, 4.69) is 54.9 Å². The van der Waals surface area contributed by atoms with Gasteiger partial charge in [-0.05, 0) is 54.6 Å². The fourth-order valence-electron chi connectivity index (χ4n) is 2.62. The summed E-state index contributed by atoms with van der Waals surface area (Å²) >= 11 is 0. The average Bonchev–Trinajstić information content (AvgIpc) is 2.58. The first-order chi connectivity index (χ1) is 10.2. The molecule has 0 aromatic carbocycles. The Kier molecular flexibility index (Phi) is 4.95. The van der Waals surface area contributed by atoms with Crippen LogP contribution in [0.3, 0.4) is 0 Å². The van der Waals surface area contributed by atoms with E-state index in [1.165, 1.54) is 5.56 Å². The Morgan fingerprint density at radius 2 is 2.14 bits per heavy atom. The number of rotatable bonds is 3. The van der Waals surface area contributed by atoms with Crippen molar-refractivity contribution in [3.63, 3.8) is 0 Å². The molecule has 0 N–H and O–H groups in total. The lowest BCUT2D eigenvalue weighted by Crippen LogP contribution is -2.44. The van der Waals surface area contributed by atoms with Crippen molar-refractivity contribution in [1.29, 1.82) is 0 Å². The molecule has 0 amide bonds. The predicted molar refractivity (Wildman–Crippen MR) is 91.1 cm³/mol. The maximum atomic E-state index is 8.88. The molecule has 5 nitrogen and oxygen atoms in total. The van der Waals surface area contributed by atoms with Crippen LogP contribution in [0.25, 0.3) is 10.4 Å². The van der Waals surface area contributed by atoms with Gasteiger partial charge in [0, 0.05) is 17.2 Å². The Balaban J connectivity index is 2.23. The van der Waals surface area contributed by atoms with Gasteiger partial charge in [-0.2, -0.15) is 0 Å². The second-order valence-corrected chi connectivity index (χ2v) is 12.3. The molecule has 6 heteroatoms. The topological polar surface area (TPSA) is 70.9 Å². The summed E-state index contributed by atoms with van der Waals surface area (Å²) in [6, 6.07) is 3.80. The quantitative estimate of drug-likeness (QED) is 0.254. The van der Waals surface area contributed by atoms with Crippen molar-refractivity contribution >= 4 is 8.32 Å². The van der Waals surface area contributed by atoms with E-state index in [-0.39, 0.29) is 17.2 Å². The van der Waals surface area contributed by atoms with E-state index < -0.39 is 8.32 Å². The molecule has 0 saturated heterocycles. The molecular formula is C16H26N4OSi. The van der Waals surface area contributed by atoms with E-state index in [9.17, 15) is 0 Å². The van der Waals surface area contributed by atoms with Crippen LogP contribution in [0, 0.1) is 0 Å². The summed E-state index contributed by atoms with van der Waals surface area (Å²) in [6.07, 6.45) is 4.52. The molecule has 0 unspecified atom stereocenters. The van der Waals surface area contributed by atoms with E-state index >= 15 is 0 Å². The summed E-state index contributed by atoms with van der Waals surface area (Å²) in [6.45, 7) is 11.3. The number of hydrogen-bond donors (Lipinski definition) is 0. The number of pyridine rings is 1. The van der Waals surface area contributed by atoms with Crippen molar-refractivity contribution in [1.82, 2.24) is 4.98 Å². The number of aromatic nitrogens is 1. The van der Waals surface area contributed by atoms with Gasteiger partial charge in [0.1, 0.15) is 0 Å². The monoisotopic (exact) mass is 318 g/mol. The van der Waals surface area contributed by atoms with E-state index in [1.807, 2.05) is 6.07 Å². The largest absolute Gasteiger partial charge is 0.414 e. The van der Waals surface area contributed by atoms with Gasteiger partial charge in [-0.25, -0.2) is 0 Å². The number of nitrogens with zero attached hydrogens (tertiary/aromatic N) is 4. The van der Waals surface area contributed by atoms with Crippen molar-refractivity contribution in [2.45, 2.75) is 70.3 Å². The molecule has 0 fully saturated rings. The number of aryl methyl sites for hydroxylation is 1. The molecule has 1 aromatic heterocycles. The first-order valence-electron chi connectivity index (χ1n) is 7.90. The average molecular weight is 318 g/mol. The van der Waals surface area contributed by atoms with Crippen molar-refractivity contribution in [2.75, 3.05) is 0 Å². The summed E-state index contributed by atoms with van der Waals surface area (Å²) in [5.41, 5.74) is 11.0.